The molecule has 0 fully saturated rings. The molecule has 1 N–H and O–H groups in total. The summed E-state index contributed by atoms with van der Waals surface area (Å²) in [6.45, 7) is 5.30. The summed E-state index contributed by atoms with van der Waals surface area (Å²) in [7, 11) is 4.01. The van der Waals surface area contributed by atoms with Gasteiger partial charge >= 0.3 is 0 Å². The van der Waals surface area contributed by atoms with Gasteiger partial charge in [-0.25, -0.2) is 0 Å². The van der Waals surface area contributed by atoms with Crippen LogP contribution in [0.4, 0.5) is 0 Å². The van der Waals surface area contributed by atoms with Gasteiger partial charge in [-0.05, 0) is 45.1 Å². The van der Waals surface area contributed by atoms with Gasteiger partial charge in [0.15, 0.2) is 6.10 Å². The van der Waals surface area contributed by atoms with Crippen molar-refractivity contribution >= 4 is 29.1 Å². The van der Waals surface area contributed by atoms with Gasteiger partial charge in [-0.1, -0.05) is 30.1 Å². The predicted octanol–water partition coefficient (Wildman–Crippen LogP) is 3.07. The first-order valence-corrected chi connectivity index (χ1v) is 7.59. The molecule has 0 aliphatic carbocycles. The highest BCUT2D eigenvalue weighted by atomic mass is 35.5. The molecule has 0 saturated heterocycles. The second kappa shape index (κ2) is 8.47. The van der Waals surface area contributed by atoms with Gasteiger partial charge in [-0.2, -0.15) is 0 Å². The van der Waals surface area contributed by atoms with Gasteiger partial charge in [-0.3, -0.25) is 4.79 Å². The fourth-order valence-electron chi connectivity index (χ4n) is 1.92. The summed E-state index contributed by atoms with van der Waals surface area (Å²) in [5.74, 6) is 0.659. The number of amides is 1. The lowest BCUT2D eigenvalue weighted by molar-refractivity contribution is -0.127. The zero-order chi connectivity index (χ0) is 16.0. The second-order valence-electron chi connectivity index (χ2n) is 5.45. The van der Waals surface area contributed by atoms with Crippen LogP contribution in [0, 0.1) is 5.92 Å². The van der Waals surface area contributed by atoms with Crippen molar-refractivity contribution in [1.82, 2.24) is 10.2 Å². The quantitative estimate of drug-likeness (QED) is 0.834. The third-order valence-electron chi connectivity index (χ3n) is 2.87. The van der Waals surface area contributed by atoms with E-state index >= 15 is 0 Å². The first-order chi connectivity index (χ1) is 9.79. The monoisotopic (exact) mass is 332 g/mol. The van der Waals surface area contributed by atoms with E-state index in [4.69, 9.17) is 27.9 Å². The Morgan fingerprint density at radius 3 is 2.57 bits per heavy atom. The summed E-state index contributed by atoms with van der Waals surface area (Å²) in [5, 5.41) is 3.80. The van der Waals surface area contributed by atoms with E-state index in [0.717, 1.165) is 6.54 Å². The number of hydrogen-bond donors (Lipinski definition) is 1. The topological polar surface area (TPSA) is 41.6 Å². The molecule has 0 aliphatic rings. The summed E-state index contributed by atoms with van der Waals surface area (Å²) in [5.41, 5.74) is 0. The number of benzene rings is 1. The predicted molar refractivity (Wildman–Crippen MR) is 87.3 cm³/mol. The molecular formula is C15H22Cl2N2O2. The minimum Gasteiger partial charge on any atom is -0.479 e. The normalized spacial score (nSPS) is 13.9. The molecule has 6 heteroatoms. The van der Waals surface area contributed by atoms with Crippen molar-refractivity contribution in [3.05, 3.63) is 28.2 Å². The number of carbonyl (C=O) groups is 1. The Bertz CT molecular complexity index is 481. The summed E-state index contributed by atoms with van der Waals surface area (Å²) in [6.07, 6.45) is -0.616. The Morgan fingerprint density at radius 1 is 1.33 bits per heavy atom. The van der Waals surface area contributed by atoms with Crippen LogP contribution in [0.2, 0.25) is 10.0 Å². The third kappa shape index (κ3) is 6.55. The van der Waals surface area contributed by atoms with Gasteiger partial charge in [0.2, 0.25) is 0 Å². The minimum atomic E-state index is -0.616. The van der Waals surface area contributed by atoms with Crippen LogP contribution in [0.1, 0.15) is 13.8 Å². The van der Waals surface area contributed by atoms with Gasteiger partial charge in [0.25, 0.3) is 5.91 Å². The van der Waals surface area contributed by atoms with Gasteiger partial charge in [0.1, 0.15) is 5.75 Å². The molecule has 0 spiro atoms. The summed E-state index contributed by atoms with van der Waals surface area (Å²) < 4.78 is 5.56. The first kappa shape index (κ1) is 18.1. The van der Waals surface area contributed by atoms with Gasteiger partial charge in [0, 0.05) is 18.1 Å². The van der Waals surface area contributed by atoms with Crippen LogP contribution in [0.25, 0.3) is 0 Å². The highest BCUT2D eigenvalue weighted by Gasteiger charge is 2.17. The fourth-order valence-corrected chi connectivity index (χ4v) is 2.37. The number of rotatable bonds is 7. The lowest BCUT2D eigenvalue weighted by Gasteiger charge is -2.19. The SMILES string of the molecule is C[C@H](CNC(=O)[C@H](C)Oc1ccc(Cl)cc1Cl)CN(C)C. The average Bonchev–Trinajstić information content (AvgIpc) is 2.38. The zero-order valence-electron chi connectivity index (χ0n) is 12.8. The van der Waals surface area contributed by atoms with Crippen LogP contribution in [-0.2, 0) is 4.79 Å². The van der Waals surface area contributed by atoms with Crippen molar-refractivity contribution in [3.8, 4) is 5.75 Å². The van der Waals surface area contributed by atoms with E-state index in [9.17, 15) is 4.79 Å². The van der Waals surface area contributed by atoms with Gasteiger partial charge in [-0.15, -0.1) is 0 Å². The van der Waals surface area contributed by atoms with E-state index in [2.05, 4.69) is 17.1 Å². The molecule has 0 aliphatic heterocycles. The number of ether oxygens (including phenoxy) is 1. The molecule has 0 aromatic heterocycles. The molecule has 1 rings (SSSR count). The molecule has 1 amide bonds. The maximum Gasteiger partial charge on any atom is 0.260 e. The zero-order valence-corrected chi connectivity index (χ0v) is 14.3. The lowest BCUT2D eigenvalue weighted by Crippen LogP contribution is -2.40. The standard InChI is InChI=1S/C15H22Cl2N2O2/c1-10(9-19(3)4)8-18-15(20)11(2)21-14-6-5-12(16)7-13(14)17/h5-7,10-11H,8-9H2,1-4H3,(H,18,20)/t10-,11+/m1/s1. The van der Waals surface area contributed by atoms with Crippen LogP contribution in [-0.4, -0.2) is 44.1 Å². The van der Waals surface area contributed by atoms with Crippen molar-refractivity contribution in [3.63, 3.8) is 0 Å². The Morgan fingerprint density at radius 2 is 2.00 bits per heavy atom. The molecule has 0 bridgehead atoms. The van der Waals surface area contributed by atoms with Crippen molar-refractivity contribution < 1.29 is 9.53 Å². The van der Waals surface area contributed by atoms with Crippen LogP contribution < -0.4 is 10.1 Å². The molecule has 4 nitrogen and oxygen atoms in total. The minimum absolute atomic E-state index is 0.161. The van der Waals surface area contributed by atoms with Crippen LogP contribution in [0.5, 0.6) is 5.75 Å². The molecule has 21 heavy (non-hydrogen) atoms. The summed E-state index contributed by atoms with van der Waals surface area (Å²) in [4.78, 5) is 14.1. The Hall–Kier alpha value is -0.970. The highest BCUT2D eigenvalue weighted by molar-refractivity contribution is 6.35. The van der Waals surface area contributed by atoms with Crippen molar-refractivity contribution in [1.29, 1.82) is 0 Å². The fraction of sp³-hybridized carbons (Fsp3) is 0.533. The molecular weight excluding hydrogens is 311 g/mol. The van der Waals surface area contributed by atoms with Crippen molar-refractivity contribution in [2.75, 3.05) is 27.2 Å². The number of nitrogens with one attached hydrogen (secondary N) is 1. The van der Waals surface area contributed by atoms with Crippen molar-refractivity contribution in [2.45, 2.75) is 20.0 Å². The number of nitrogens with zero attached hydrogens (tertiary/aromatic N) is 1. The summed E-state index contributed by atoms with van der Waals surface area (Å²) >= 11 is 11.8. The van der Waals surface area contributed by atoms with E-state index in [0.29, 0.717) is 28.3 Å². The van der Waals surface area contributed by atoms with Gasteiger partial charge < -0.3 is 15.0 Å². The summed E-state index contributed by atoms with van der Waals surface area (Å²) in [6, 6.07) is 4.91. The van der Waals surface area contributed by atoms with E-state index in [-0.39, 0.29) is 5.91 Å². The molecule has 2 atom stereocenters. The second-order valence-corrected chi connectivity index (χ2v) is 6.29. The van der Waals surface area contributed by atoms with Gasteiger partial charge in [0.05, 0.1) is 5.02 Å². The Balaban J connectivity index is 2.47. The number of hydrogen-bond acceptors (Lipinski definition) is 3. The smallest absolute Gasteiger partial charge is 0.260 e. The van der Waals surface area contributed by atoms with Crippen LogP contribution in [0.15, 0.2) is 18.2 Å². The average molecular weight is 333 g/mol. The van der Waals surface area contributed by atoms with E-state index in [1.54, 1.807) is 25.1 Å². The molecule has 0 radical (unpaired) electrons. The maximum atomic E-state index is 12.0. The van der Waals surface area contributed by atoms with E-state index in [1.165, 1.54) is 0 Å². The van der Waals surface area contributed by atoms with E-state index in [1.807, 2.05) is 14.1 Å². The number of halogens is 2. The van der Waals surface area contributed by atoms with E-state index < -0.39 is 6.10 Å². The molecule has 0 unspecified atom stereocenters. The molecule has 118 valence electrons. The van der Waals surface area contributed by atoms with Crippen LogP contribution >= 0.6 is 23.2 Å². The third-order valence-corrected chi connectivity index (χ3v) is 3.40. The highest BCUT2D eigenvalue weighted by Crippen LogP contribution is 2.28. The lowest BCUT2D eigenvalue weighted by atomic mass is 10.1. The molecule has 1 aromatic rings. The van der Waals surface area contributed by atoms with Crippen LogP contribution in [0.3, 0.4) is 0 Å². The molecule has 0 heterocycles. The number of carbonyl (C=O) groups excluding carboxylic acids is 1. The Kier molecular flexibility index (Phi) is 7.29. The largest absolute Gasteiger partial charge is 0.479 e. The molecule has 1 aromatic carbocycles. The first-order valence-electron chi connectivity index (χ1n) is 6.83. The van der Waals surface area contributed by atoms with Crippen molar-refractivity contribution in [2.24, 2.45) is 5.92 Å². The molecule has 0 saturated carbocycles. The maximum absolute atomic E-state index is 12.0. The Labute approximate surface area is 136 Å².